The van der Waals surface area contributed by atoms with Gasteiger partial charge < -0.3 is 4.52 Å². The van der Waals surface area contributed by atoms with Gasteiger partial charge in [0.25, 0.3) is 5.56 Å². The molecule has 1 aliphatic rings. The molecule has 8 nitrogen and oxygen atoms in total. The van der Waals surface area contributed by atoms with Crippen LogP contribution in [0.2, 0.25) is 0 Å². The van der Waals surface area contributed by atoms with Crippen LogP contribution in [0.25, 0.3) is 0 Å². The molecule has 1 aliphatic heterocycles. The van der Waals surface area contributed by atoms with Crippen molar-refractivity contribution in [2.75, 3.05) is 32.7 Å². The second-order valence-corrected chi connectivity index (χ2v) is 7.48. The average molecular weight is 346 g/mol. The van der Waals surface area contributed by atoms with E-state index in [4.69, 9.17) is 4.52 Å². The van der Waals surface area contributed by atoms with Crippen molar-refractivity contribution in [1.82, 2.24) is 29.7 Å². The maximum Gasteiger partial charge on any atom is 0.266 e. The molecule has 3 rings (SSSR count). The average Bonchev–Trinajstić information content (AvgIpc) is 3.07. The third kappa shape index (κ3) is 4.73. The highest BCUT2D eigenvalue weighted by atomic mass is 16.5. The van der Waals surface area contributed by atoms with Crippen molar-refractivity contribution in [3.05, 3.63) is 40.4 Å². The number of piperazine rings is 1. The van der Waals surface area contributed by atoms with Gasteiger partial charge in [0.05, 0.1) is 18.8 Å². The second kappa shape index (κ2) is 7.45. The fourth-order valence-electron chi connectivity index (χ4n) is 2.87. The monoisotopic (exact) mass is 346 g/mol. The predicted octanol–water partition coefficient (Wildman–Crippen LogP) is 0.742. The van der Waals surface area contributed by atoms with Crippen LogP contribution in [0, 0.1) is 0 Å². The summed E-state index contributed by atoms with van der Waals surface area (Å²) in [6, 6.07) is 3.45. The van der Waals surface area contributed by atoms with E-state index in [1.807, 2.05) is 6.07 Å². The molecular weight excluding hydrogens is 320 g/mol. The molecule has 0 unspecified atom stereocenters. The van der Waals surface area contributed by atoms with Crippen LogP contribution in [-0.2, 0) is 18.5 Å². The Labute approximate surface area is 147 Å². The summed E-state index contributed by atoms with van der Waals surface area (Å²) in [5.74, 6) is 0.656. The van der Waals surface area contributed by atoms with E-state index in [2.05, 4.69) is 45.8 Å². The van der Waals surface area contributed by atoms with Crippen LogP contribution in [0.4, 0.5) is 0 Å². The molecule has 1 fully saturated rings. The lowest BCUT2D eigenvalue weighted by atomic mass is 9.92. The van der Waals surface area contributed by atoms with Crippen LogP contribution in [0.1, 0.15) is 32.4 Å². The standard InChI is InChI=1S/C17H26N6O2/c1-17(2,3)14-4-5-16(24)23(20-14)11-10-21-6-8-22(9-7-21)12-15-18-13-19-25-15/h4-5,13H,6-12H2,1-3H3. The van der Waals surface area contributed by atoms with Crippen molar-refractivity contribution in [2.45, 2.75) is 39.3 Å². The molecule has 0 atom stereocenters. The minimum Gasteiger partial charge on any atom is -0.338 e. The lowest BCUT2D eigenvalue weighted by Crippen LogP contribution is -2.47. The van der Waals surface area contributed by atoms with Gasteiger partial charge >= 0.3 is 0 Å². The first-order chi connectivity index (χ1) is 11.9. The molecule has 0 radical (unpaired) electrons. The summed E-state index contributed by atoms with van der Waals surface area (Å²) >= 11 is 0. The number of aromatic nitrogens is 4. The van der Waals surface area contributed by atoms with E-state index >= 15 is 0 Å². The molecule has 0 saturated carbocycles. The van der Waals surface area contributed by atoms with Crippen LogP contribution in [0.3, 0.4) is 0 Å². The first-order valence-electron chi connectivity index (χ1n) is 8.71. The zero-order chi connectivity index (χ0) is 17.9. The van der Waals surface area contributed by atoms with E-state index in [0.717, 1.165) is 38.4 Å². The van der Waals surface area contributed by atoms with Gasteiger partial charge in [0.2, 0.25) is 5.89 Å². The summed E-state index contributed by atoms with van der Waals surface area (Å²) in [5.41, 5.74) is 0.843. The topological polar surface area (TPSA) is 80.3 Å². The fraction of sp³-hybridized carbons (Fsp3) is 0.647. The van der Waals surface area contributed by atoms with E-state index in [1.54, 1.807) is 10.7 Å². The Hall–Kier alpha value is -2.06. The van der Waals surface area contributed by atoms with Crippen molar-refractivity contribution in [3.8, 4) is 0 Å². The van der Waals surface area contributed by atoms with E-state index in [-0.39, 0.29) is 11.0 Å². The van der Waals surface area contributed by atoms with Gasteiger partial charge in [-0.15, -0.1) is 0 Å². The summed E-state index contributed by atoms with van der Waals surface area (Å²) in [4.78, 5) is 20.8. The molecule has 0 N–H and O–H groups in total. The number of nitrogens with zero attached hydrogens (tertiary/aromatic N) is 6. The lowest BCUT2D eigenvalue weighted by molar-refractivity contribution is 0.113. The van der Waals surface area contributed by atoms with E-state index < -0.39 is 0 Å². The van der Waals surface area contributed by atoms with Gasteiger partial charge in [0, 0.05) is 44.2 Å². The molecule has 0 amide bonds. The van der Waals surface area contributed by atoms with Crippen molar-refractivity contribution >= 4 is 0 Å². The first-order valence-corrected chi connectivity index (χ1v) is 8.71. The van der Waals surface area contributed by atoms with Gasteiger partial charge in [-0.25, -0.2) is 4.68 Å². The van der Waals surface area contributed by atoms with Crippen LogP contribution >= 0.6 is 0 Å². The normalized spacial score (nSPS) is 17.1. The molecule has 136 valence electrons. The first kappa shape index (κ1) is 17.8. The Morgan fingerprint density at radius 3 is 2.44 bits per heavy atom. The highest BCUT2D eigenvalue weighted by Gasteiger charge is 2.19. The van der Waals surface area contributed by atoms with E-state index in [9.17, 15) is 4.79 Å². The van der Waals surface area contributed by atoms with Gasteiger partial charge in [-0.1, -0.05) is 25.9 Å². The molecular formula is C17H26N6O2. The van der Waals surface area contributed by atoms with Gasteiger partial charge in [-0.3, -0.25) is 14.6 Å². The summed E-state index contributed by atoms with van der Waals surface area (Å²) in [5, 5.41) is 8.17. The zero-order valence-corrected chi connectivity index (χ0v) is 15.2. The van der Waals surface area contributed by atoms with E-state index in [1.165, 1.54) is 6.33 Å². The molecule has 3 heterocycles. The molecule has 2 aromatic rings. The molecule has 0 bridgehead atoms. The van der Waals surface area contributed by atoms with Crippen LogP contribution in [0.15, 0.2) is 27.8 Å². The van der Waals surface area contributed by atoms with Crippen molar-refractivity contribution in [3.63, 3.8) is 0 Å². The van der Waals surface area contributed by atoms with Gasteiger partial charge in [0.1, 0.15) is 0 Å². The molecule has 0 aromatic carbocycles. The van der Waals surface area contributed by atoms with Crippen molar-refractivity contribution in [1.29, 1.82) is 0 Å². The molecule has 2 aromatic heterocycles. The van der Waals surface area contributed by atoms with Gasteiger partial charge in [-0.2, -0.15) is 10.1 Å². The minimum atomic E-state index is -0.0597. The largest absolute Gasteiger partial charge is 0.338 e. The van der Waals surface area contributed by atoms with Crippen molar-refractivity contribution < 1.29 is 4.52 Å². The minimum absolute atomic E-state index is 0.0389. The Bertz CT molecular complexity index is 726. The smallest absolute Gasteiger partial charge is 0.266 e. The highest BCUT2D eigenvalue weighted by molar-refractivity contribution is 5.10. The highest BCUT2D eigenvalue weighted by Crippen LogP contribution is 2.18. The summed E-state index contributed by atoms with van der Waals surface area (Å²) in [6.45, 7) is 12.3. The molecule has 0 aliphatic carbocycles. The predicted molar refractivity (Wildman–Crippen MR) is 93.2 cm³/mol. The van der Waals surface area contributed by atoms with Crippen LogP contribution in [0.5, 0.6) is 0 Å². The molecule has 1 saturated heterocycles. The Morgan fingerprint density at radius 1 is 1.08 bits per heavy atom. The second-order valence-electron chi connectivity index (χ2n) is 7.48. The van der Waals surface area contributed by atoms with Gasteiger partial charge in [-0.05, 0) is 6.07 Å². The quantitative estimate of drug-likeness (QED) is 0.790. The fourth-order valence-corrected chi connectivity index (χ4v) is 2.87. The molecule has 0 spiro atoms. The maximum absolute atomic E-state index is 12.1. The summed E-state index contributed by atoms with van der Waals surface area (Å²) in [7, 11) is 0. The third-order valence-electron chi connectivity index (χ3n) is 4.49. The Morgan fingerprint density at radius 2 is 1.80 bits per heavy atom. The lowest BCUT2D eigenvalue weighted by Gasteiger charge is -2.33. The number of hydrogen-bond acceptors (Lipinski definition) is 7. The SMILES string of the molecule is CC(C)(C)c1ccc(=O)n(CCN2CCN(Cc3ncno3)CC2)n1. The summed E-state index contributed by atoms with van der Waals surface area (Å²) < 4.78 is 6.65. The third-order valence-corrected chi connectivity index (χ3v) is 4.49. The number of rotatable bonds is 5. The maximum atomic E-state index is 12.1. The van der Waals surface area contributed by atoms with Gasteiger partial charge in [0.15, 0.2) is 6.33 Å². The van der Waals surface area contributed by atoms with Crippen LogP contribution < -0.4 is 5.56 Å². The number of hydrogen-bond donors (Lipinski definition) is 0. The van der Waals surface area contributed by atoms with E-state index in [0.29, 0.717) is 19.0 Å². The molecule has 25 heavy (non-hydrogen) atoms. The summed E-state index contributed by atoms with van der Waals surface area (Å²) in [6.07, 6.45) is 1.43. The Kier molecular flexibility index (Phi) is 5.29. The molecule has 8 heteroatoms. The van der Waals surface area contributed by atoms with Crippen molar-refractivity contribution in [2.24, 2.45) is 0 Å². The zero-order valence-electron chi connectivity index (χ0n) is 15.2. The van der Waals surface area contributed by atoms with Crippen LogP contribution in [-0.4, -0.2) is 62.4 Å². The Balaban J connectivity index is 1.51.